The first-order chi connectivity index (χ1) is 17.4. The van der Waals surface area contributed by atoms with Crippen LogP contribution < -0.4 is 14.4 Å². The van der Waals surface area contributed by atoms with Crippen molar-refractivity contribution in [1.29, 1.82) is 0 Å². The van der Waals surface area contributed by atoms with Crippen LogP contribution in [-0.2, 0) is 13.0 Å². The summed E-state index contributed by atoms with van der Waals surface area (Å²) in [6, 6.07) is 10.2. The van der Waals surface area contributed by atoms with Crippen LogP contribution in [0.15, 0.2) is 42.5 Å². The number of para-hydroxylation sites is 1. The maximum atomic E-state index is 14.5. The molecule has 0 radical (unpaired) electrons. The molecule has 0 aliphatic carbocycles. The minimum Gasteiger partial charge on any atom is -0.496 e. The van der Waals surface area contributed by atoms with E-state index in [2.05, 4.69) is 16.8 Å². The van der Waals surface area contributed by atoms with E-state index < -0.39 is 11.6 Å². The maximum Gasteiger partial charge on any atom is 0.257 e. The van der Waals surface area contributed by atoms with Crippen LogP contribution >= 0.6 is 0 Å². The molecule has 2 aromatic carbocycles. The number of hydrogen-bond acceptors (Lipinski definition) is 6. The molecule has 1 saturated heterocycles. The minimum absolute atomic E-state index is 0.135. The van der Waals surface area contributed by atoms with Gasteiger partial charge in [0.1, 0.15) is 11.6 Å². The number of rotatable bonds is 5. The Hall–Kier alpha value is -3.75. The third-order valence-electron chi connectivity index (χ3n) is 6.80. The van der Waals surface area contributed by atoms with Crippen molar-refractivity contribution in [3.8, 4) is 17.4 Å². The van der Waals surface area contributed by atoms with Gasteiger partial charge in [-0.15, -0.1) is 0 Å². The lowest BCUT2D eigenvalue weighted by Crippen LogP contribution is -2.38. The summed E-state index contributed by atoms with van der Waals surface area (Å²) in [6.07, 6.45) is 2.56. The second-order valence-electron chi connectivity index (χ2n) is 9.28. The van der Waals surface area contributed by atoms with Crippen LogP contribution in [0.1, 0.15) is 41.4 Å². The molecule has 1 fully saturated rings. The monoisotopic (exact) mass is 494 g/mol. The van der Waals surface area contributed by atoms with E-state index in [1.165, 1.54) is 13.2 Å². The molecule has 3 heterocycles. The Labute approximate surface area is 208 Å². The van der Waals surface area contributed by atoms with Crippen LogP contribution in [0, 0.1) is 17.6 Å². The van der Waals surface area contributed by atoms with Gasteiger partial charge >= 0.3 is 0 Å². The Morgan fingerprint density at radius 3 is 2.56 bits per heavy atom. The highest BCUT2D eigenvalue weighted by atomic mass is 19.1. The first kappa shape index (κ1) is 24.0. The van der Waals surface area contributed by atoms with Gasteiger partial charge < -0.3 is 19.3 Å². The van der Waals surface area contributed by atoms with E-state index in [9.17, 15) is 13.6 Å². The molecule has 36 heavy (non-hydrogen) atoms. The van der Waals surface area contributed by atoms with Crippen LogP contribution in [0.4, 0.5) is 14.7 Å². The summed E-state index contributed by atoms with van der Waals surface area (Å²) in [5, 5.41) is 0. The highest BCUT2D eigenvalue weighted by Crippen LogP contribution is 2.34. The fraction of sp³-hybridized carbons (Fsp3) is 0.370. The molecule has 2 aliphatic heterocycles. The van der Waals surface area contributed by atoms with Crippen molar-refractivity contribution in [2.45, 2.75) is 32.7 Å². The number of hydrogen-bond donors (Lipinski definition) is 0. The standard InChI is InChI=1S/C27H28F2N4O3/c1-17-9-12-32(13-10-17)27-30-22-11-14-33(26(34)19-5-3-4-6-23(19)35-2)16-20(22)25(31-27)36-24-8-7-18(28)15-21(24)29/h3-8,15,17H,9-14,16H2,1-2H3. The van der Waals surface area contributed by atoms with Crippen LogP contribution in [0.5, 0.6) is 17.4 Å². The topological polar surface area (TPSA) is 67.8 Å². The van der Waals surface area contributed by atoms with Crippen molar-refractivity contribution in [2.24, 2.45) is 5.92 Å². The fourth-order valence-electron chi connectivity index (χ4n) is 4.63. The first-order valence-corrected chi connectivity index (χ1v) is 12.1. The van der Waals surface area contributed by atoms with Gasteiger partial charge in [-0.25, -0.2) is 13.8 Å². The SMILES string of the molecule is COc1ccccc1C(=O)N1CCc2nc(N3CCC(C)CC3)nc(Oc3ccc(F)cc3F)c2C1. The molecule has 1 aromatic heterocycles. The number of ether oxygens (including phenoxy) is 2. The minimum atomic E-state index is -0.825. The van der Waals surface area contributed by atoms with Crippen molar-refractivity contribution in [3.05, 3.63) is 70.9 Å². The number of carbonyl (C=O) groups is 1. The fourth-order valence-corrected chi connectivity index (χ4v) is 4.63. The van der Waals surface area contributed by atoms with E-state index >= 15 is 0 Å². The molecule has 1 amide bonds. The normalized spacial score (nSPS) is 16.0. The van der Waals surface area contributed by atoms with E-state index in [4.69, 9.17) is 14.5 Å². The maximum absolute atomic E-state index is 14.5. The van der Waals surface area contributed by atoms with E-state index in [1.54, 1.807) is 29.2 Å². The van der Waals surface area contributed by atoms with Gasteiger partial charge in [0.05, 0.1) is 30.5 Å². The molecule has 0 N–H and O–H groups in total. The number of aromatic nitrogens is 2. The zero-order chi connectivity index (χ0) is 25.2. The molecule has 2 aliphatic rings. The third kappa shape index (κ3) is 4.82. The highest BCUT2D eigenvalue weighted by molar-refractivity contribution is 5.97. The lowest BCUT2D eigenvalue weighted by atomic mass is 9.99. The molecular formula is C27H28F2N4O3. The Morgan fingerprint density at radius 1 is 1.03 bits per heavy atom. The second-order valence-corrected chi connectivity index (χ2v) is 9.28. The van der Waals surface area contributed by atoms with Gasteiger partial charge in [-0.3, -0.25) is 4.79 Å². The van der Waals surface area contributed by atoms with Gasteiger partial charge in [-0.2, -0.15) is 4.98 Å². The number of piperidine rings is 1. The highest BCUT2D eigenvalue weighted by Gasteiger charge is 2.30. The number of amides is 1. The molecule has 0 atom stereocenters. The zero-order valence-corrected chi connectivity index (χ0v) is 20.3. The van der Waals surface area contributed by atoms with Gasteiger partial charge in [-0.1, -0.05) is 19.1 Å². The second kappa shape index (κ2) is 10.1. The largest absolute Gasteiger partial charge is 0.496 e. The zero-order valence-electron chi connectivity index (χ0n) is 20.3. The summed E-state index contributed by atoms with van der Waals surface area (Å²) in [6.45, 7) is 4.53. The van der Waals surface area contributed by atoms with Gasteiger partial charge in [-0.05, 0) is 43.0 Å². The van der Waals surface area contributed by atoms with Crippen molar-refractivity contribution in [2.75, 3.05) is 31.6 Å². The Kier molecular flexibility index (Phi) is 6.71. The number of nitrogens with zero attached hydrogens (tertiary/aromatic N) is 4. The van der Waals surface area contributed by atoms with E-state index in [1.807, 2.05) is 0 Å². The number of methoxy groups -OCH3 is 1. The summed E-state index contributed by atoms with van der Waals surface area (Å²) < 4.78 is 39.2. The van der Waals surface area contributed by atoms with E-state index in [0.29, 0.717) is 41.7 Å². The summed E-state index contributed by atoms with van der Waals surface area (Å²) in [4.78, 5) is 26.6. The predicted octanol–water partition coefficient (Wildman–Crippen LogP) is 4.99. The summed E-state index contributed by atoms with van der Waals surface area (Å²) in [5.74, 6) is -0.00887. The lowest BCUT2D eigenvalue weighted by Gasteiger charge is -2.33. The predicted molar refractivity (Wildman–Crippen MR) is 131 cm³/mol. The first-order valence-electron chi connectivity index (χ1n) is 12.1. The van der Waals surface area contributed by atoms with Gasteiger partial charge in [0.25, 0.3) is 5.91 Å². The average molecular weight is 495 g/mol. The van der Waals surface area contributed by atoms with Crippen molar-refractivity contribution < 1.29 is 23.0 Å². The number of anilines is 1. The summed E-state index contributed by atoms with van der Waals surface area (Å²) in [5.41, 5.74) is 1.83. The number of halogens is 2. The van der Waals surface area contributed by atoms with Crippen LogP contribution in [-0.4, -0.2) is 47.5 Å². The Bertz CT molecular complexity index is 1280. The quantitative estimate of drug-likeness (QED) is 0.498. The van der Waals surface area contributed by atoms with E-state index in [0.717, 1.165) is 43.8 Å². The number of fused-ring (bicyclic) bond motifs is 1. The molecule has 3 aromatic rings. The van der Waals surface area contributed by atoms with Gasteiger partial charge in [0, 0.05) is 32.1 Å². The molecular weight excluding hydrogens is 466 g/mol. The average Bonchev–Trinajstić information content (AvgIpc) is 2.90. The van der Waals surface area contributed by atoms with E-state index in [-0.39, 0.29) is 24.1 Å². The summed E-state index contributed by atoms with van der Waals surface area (Å²) in [7, 11) is 1.53. The van der Waals surface area contributed by atoms with Crippen LogP contribution in [0.2, 0.25) is 0 Å². The van der Waals surface area contributed by atoms with Crippen molar-refractivity contribution in [3.63, 3.8) is 0 Å². The van der Waals surface area contributed by atoms with Gasteiger partial charge in [0.2, 0.25) is 11.8 Å². The molecule has 7 nitrogen and oxygen atoms in total. The Balaban J connectivity index is 1.50. The number of carbonyl (C=O) groups excluding carboxylic acids is 1. The summed E-state index contributed by atoms with van der Waals surface area (Å²) >= 11 is 0. The van der Waals surface area contributed by atoms with Crippen molar-refractivity contribution in [1.82, 2.24) is 14.9 Å². The Morgan fingerprint density at radius 2 is 1.81 bits per heavy atom. The molecule has 5 rings (SSSR count). The molecule has 0 spiro atoms. The number of benzene rings is 2. The van der Waals surface area contributed by atoms with Crippen LogP contribution in [0.25, 0.3) is 0 Å². The molecule has 9 heteroatoms. The van der Waals surface area contributed by atoms with Crippen LogP contribution in [0.3, 0.4) is 0 Å². The smallest absolute Gasteiger partial charge is 0.257 e. The molecule has 0 bridgehead atoms. The molecule has 188 valence electrons. The molecule has 0 unspecified atom stereocenters. The lowest BCUT2D eigenvalue weighted by molar-refractivity contribution is 0.0728. The molecule has 0 saturated carbocycles. The van der Waals surface area contributed by atoms with Gasteiger partial charge in [0.15, 0.2) is 11.6 Å². The van der Waals surface area contributed by atoms with Crippen molar-refractivity contribution >= 4 is 11.9 Å². The third-order valence-corrected chi connectivity index (χ3v) is 6.80.